The summed E-state index contributed by atoms with van der Waals surface area (Å²) in [6.45, 7) is 4.03. The Hall–Kier alpha value is -1.88. The van der Waals surface area contributed by atoms with E-state index in [1.807, 2.05) is 25.1 Å². The number of nitrogens with zero attached hydrogens (tertiary/aromatic N) is 2. The SMILES string of the molecule is COc1ccc(C)cc1-c1nc(C2CCCNC2)no1. The Kier molecular flexibility index (Phi) is 3.69. The van der Waals surface area contributed by atoms with Gasteiger partial charge in [-0.2, -0.15) is 4.98 Å². The van der Waals surface area contributed by atoms with Gasteiger partial charge in [0.15, 0.2) is 5.82 Å². The fraction of sp³-hybridized carbons (Fsp3) is 0.467. The number of ether oxygens (including phenoxy) is 1. The van der Waals surface area contributed by atoms with Crippen LogP contribution in [0.5, 0.6) is 5.75 Å². The Morgan fingerprint density at radius 2 is 2.30 bits per heavy atom. The summed E-state index contributed by atoms with van der Waals surface area (Å²) in [6.07, 6.45) is 2.26. The zero-order valence-electron chi connectivity index (χ0n) is 11.8. The van der Waals surface area contributed by atoms with E-state index in [-0.39, 0.29) is 0 Å². The maximum absolute atomic E-state index is 5.43. The average Bonchev–Trinajstić information content (AvgIpc) is 2.98. The predicted octanol–water partition coefficient (Wildman–Crippen LogP) is 2.52. The molecule has 5 nitrogen and oxygen atoms in total. The number of benzene rings is 1. The zero-order valence-corrected chi connectivity index (χ0v) is 11.8. The van der Waals surface area contributed by atoms with Gasteiger partial charge in [0.2, 0.25) is 0 Å². The van der Waals surface area contributed by atoms with Crippen molar-refractivity contribution in [3.8, 4) is 17.2 Å². The highest BCUT2D eigenvalue weighted by atomic mass is 16.5. The number of methoxy groups -OCH3 is 1. The molecule has 5 heteroatoms. The van der Waals surface area contributed by atoms with Crippen molar-refractivity contribution in [2.75, 3.05) is 20.2 Å². The molecule has 2 heterocycles. The molecule has 1 N–H and O–H groups in total. The average molecular weight is 273 g/mol. The topological polar surface area (TPSA) is 60.2 Å². The summed E-state index contributed by atoms with van der Waals surface area (Å²) in [6, 6.07) is 5.94. The second-order valence-electron chi connectivity index (χ2n) is 5.20. The van der Waals surface area contributed by atoms with Gasteiger partial charge >= 0.3 is 0 Å². The van der Waals surface area contributed by atoms with Crippen LogP contribution in [0.2, 0.25) is 0 Å². The number of hydrogen-bond donors (Lipinski definition) is 1. The van der Waals surface area contributed by atoms with E-state index in [1.165, 1.54) is 0 Å². The lowest BCUT2D eigenvalue weighted by Crippen LogP contribution is -2.28. The third kappa shape index (κ3) is 2.54. The molecule has 3 rings (SSSR count). The van der Waals surface area contributed by atoms with Gasteiger partial charge in [0, 0.05) is 12.5 Å². The van der Waals surface area contributed by atoms with Gasteiger partial charge in [-0.15, -0.1) is 0 Å². The van der Waals surface area contributed by atoms with Gasteiger partial charge in [-0.25, -0.2) is 0 Å². The van der Waals surface area contributed by atoms with Gasteiger partial charge in [-0.1, -0.05) is 16.8 Å². The molecule has 20 heavy (non-hydrogen) atoms. The van der Waals surface area contributed by atoms with Crippen molar-refractivity contribution in [3.63, 3.8) is 0 Å². The van der Waals surface area contributed by atoms with E-state index in [0.29, 0.717) is 11.8 Å². The molecule has 0 saturated carbocycles. The monoisotopic (exact) mass is 273 g/mol. The molecule has 1 saturated heterocycles. The highest BCUT2D eigenvalue weighted by molar-refractivity contribution is 5.63. The van der Waals surface area contributed by atoms with Crippen molar-refractivity contribution >= 4 is 0 Å². The van der Waals surface area contributed by atoms with Gasteiger partial charge in [0.25, 0.3) is 5.89 Å². The molecule has 1 fully saturated rings. The molecule has 1 aromatic heterocycles. The Labute approximate surface area is 118 Å². The van der Waals surface area contributed by atoms with Crippen LogP contribution in [-0.4, -0.2) is 30.3 Å². The van der Waals surface area contributed by atoms with Crippen LogP contribution in [0.25, 0.3) is 11.5 Å². The molecule has 0 spiro atoms. The molecule has 1 aliphatic rings. The van der Waals surface area contributed by atoms with Crippen molar-refractivity contribution < 1.29 is 9.26 Å². The minimum Gasteiger partial charge on any atom is -0.496 e. The first-order valence-electron chi connectivity index (χ1n) is 6.97. The molecule has 1 aliphatic heterocycles. The van der Waals surface area contributed by atoms with E-state index >= 15 is 0 Å². The summed E-state index contributed by atoms with van der Waals surface area (Å²) >= 11 is 0. The van der Waals surface area contributed by atoms with E-state index < -0.39 is 0 Å². The van der Waals surface area contributed by atoms with Crippen LogP contribution in [0.4, 0.5) is 0 Å². The fourth-order valence-electron chi connectivity index (χ4n) is 2.57. The largest absolute Gasteiger partial charge is 0.496 e. The second-order valence-corrected chi connectivity index (χ2v) is 5.20. The predicted molar refractivity (Wildman–Crippen MR) is 75.9 cm³/mol. The van der Waals surface area contributed by atoms with Crippen LogP contribution in [0.1, 0.15) is 30.1 Å². The highest BCUT2D eigenvalue weighted by Gasteiger charge is 2.22. The quantitative estimate of drug-likeness (QED) is 0.931. The van der Waals surface area contributed by atoms with Gasteiger partial charge in [-0.05, 0) is 38.4 Å². The van der Waals surface area contributed by atoms with E-state index in [0.717, 1.165) is 48.6 Å². The summed E-state index contributed by atoms with van der Waals surface area (Å²) in [5.74, 6) is 2.42. The third-order valence-corrected chi connectivity index (χ3v) is 3.69. The van der Waals surface area contributed by atoms with Crippen molar-refractivity contribution in [2.45, 2.75) is 25.7 Å². The summed E-state index contributed by atoms with van der Waals surface area (Å²) in [5.41, 5.74) is 2.00. The van der Waals surface area contributed by atoms with Crippen LogP contribution in [0.15, 0.2) is 22.7 Å². The van der Waals surface area contributed by atoms with Crippen LogP contribution < -0.4 is 10.1 Å². The Morgan fingerprint density at radius 1 is 1.40 bits per heavy atom. The van der Waals surface area contributed by atoms with E-state index in [9.17, 15) is 0 Å². The minimum atomic E-state index is 0.344. The first-order chi connectivity index (χ1) is 9.78. The molecule has 1 atom stereocenters. The second kappa shape index (κ2) is 5.63. The Bertz CT molecular complexity index is 589. The number of piperidine rings is 1. The van der Waals surface area contributed by atoms with Crippen molar-refractivity contribution in [1.29, 1.82) is 0 Å². The van der Waals surface area contributed by atoms with Crippen LogP contribution in [0, 0.1) is 6.92 Å². The molecule has 1 unspecified atom stereocenters. The van der Waals surface area contributed by atoms with Crippen molar-refractivity contribution in [2.24, 2.45) is 0 Å². The smallest absolute Gasteiger partial charge is 0.261 e. The van der Waals surface area contributed by atoms with E-state index in [1.54, 1.807) is 7.11 Å². The van der Waals surface area contributed by atoms with Crippen LogP contribution in [-0.2, 0) is 0 Å². The number of hydrogen-bond acceptors (Lipinski definition) is 5. The summed E-state index contributed by atoms with van der Waals surface area (Å²) in [5, 5.41) is 7.51. The maximum Gasteiger partial charge on any atom is 0.261 e. The van der Waals surface area contributed by atoms with E-state index in [2.05, 4.69) is 15.5 Å². The fourth-order valence-corrected chi connectivity index (χ4v) is 2.57. The molecular weight excluding hydrogens is 254 g/mol. The number of aromatic nitrogens is 2. The molecule has 106 valence electrons. The summed E-state index contributed by atoms with van der Waals surface area (Å²) < 4.78 is 10.8. The van der Waals surface area contributed by atoms with Crippen molar-refractivity contribution in [3.05, 3.63) is 29.6 Å². The van der Waals surface area contributed by atoms with Gasteiger partial charge in [0.1, 0.15) is 5.75 Å². The molecule has 1 aromatic carbocycles. The lowest BCUT2D eigenvalue weighted by atomic mass is 9.99. The standard InChI is InChI=1S/C15H19N3O2/c1-10-5-6-13(19-2)12(8-10)15-17-14(18-20-15)11-4-3-7-16-9-11/h5-6,8,11,16H,3-4,7,9H2,1-2H3. The first-order valence-corrected chi connectivity index (χ1v) is 6.97. The van der Waals surface area contributed by atoms with E-state index in [4.69, 9.17) is 9.26 Å². The lowest BCUT2D eigenvalue weighted by molar-refractivity contribution is 0.388. The molecule has 2 aromatic rings. The maximum atomic E-state index is 5.43. The van der Waals surface area contributed by atoms with Crippen LogP contribution in [0.3, 0.4) is 0 Å². The number of rotatable bonds is 3. The summed E-state index contributed by atoms with van der Waals surface area (Å²) in [4.78, 5) is 4.56. The lowest BCUT2D eigenvalue weighted by Gasteiger charge is -2.19. The Balaban J connectivity index is 1.91. The van der Waals surface area contributed by atoms with Crippen molar-refractivity contribution in [1.82, 2.24) is 15.5 Å². The van der Waals surface area contributed by atoms with Gasteiger partial charge in [-0.3, -0.25) is 0 Å². The molecular formula is C15H19N3O2. The third-order valence-electron chi connectivity index (χ3n) is 3.69. The minimum absolute atomic E-state index is 0.344. The zero-order chi connectivity index (χ0) is 13.9. The van der Waals surface area contributed by atoms with Gasteiger partial charge in [0.05, 0.1) is 12.7 Å². The molecule has 0 amide bonds. The van der Waals surface area contributed by atoms with Crippen LogP contribution >= 0.6 is 0 Å². The Morgan fingerprint density at radius 3 is 3.05 bits per heavy atom. The summed E-state index contributed by atoms with van der Waals surface area (Å²) in [7, 11) is 1.65. The first kappa shape index (κ1) is 13.1. The number of aryl methyl sites for hydroxylation is 1. The normalized spacial score (nSPS) is 19.0. The molecule has 0 aliphatic carbocycles. The molecule has 0 bridgehead atoms. The number of nitrogens with one attached hydrogen (secondary N) is 1. The molecule has 0 radical (unpaired) electrons. The van der Waals surface area contributed by atoms with Gasteiger partial charge < -0.3 is 14.6 Å². The highest BCUT2D eigenvalue weighted by Crippen LogP contribution is 2.31.